The second-order valence-electron chi connectivity index (χ2n) is 8.76. The zero-order chi connectivity index (χ0) is 27.5. The number of nitrogens with one attached hydrogen (secondary N) is 1. The van der Waals surface area contributed by atoms with Gasteiger partial charge in [-0.3, -0.25) is 4.79 Å². The van der Waals surface area contributed by atoms with Gasteiger partial charge in [-0.25, -0.2) is 10.2 Å². The van der Waals surface area contributed by atoms with Crippen LogP contribution in [0.4, 0.5) is 0 Å². The second-order valence-corrected chi connectivity index (χ2v) is 8.76. The number of carbonyl (C=O) groups excluding carboxylic acids is 2. The predicted octanol–water partition coefficient (Wildman–Crippen LogP) is 5.66. The molecule has 0 heterocycles. The SMILES string of the molecule is CCOc1ccc(C(=O)Oc2ccc(/C=N/NC(=O)COc3cc(C)ccc3C(C)C)cc2OCC)cc1. The lowest BCUT2D eigenvalue weighted by Crippen LogP contribution is -2.25. The van der Waals surface area contributed by atoms with E-state index in [0.29, 0.717) is 41.6 Å². The molecule has 0 aliphatic rings. The maximum atomic E-state index is 12.6. The summed E-state index contributed by atoms with van der Waals surface area (Å²) in [6.07, 6.45) is 1.48. The van der Waals surface area contributed by atoms with Crippen LogP contribution >= 0.6 is 0 Å². The summed E-state index contributed by atoms with van der Waals surface area (Å²) in [4.78, 5) is 24.9. The summed E-state index contributed by atoms with van der Waals surface area (Å²) in [7, 11) is 0. The van der Waals surface area contributed by atoms with E-state index in [9.17, 15) is 9.59 Å². The Hall–Kier alpha value is -4.33. The first kappa shape index (κ1) is 28.2. The number of ether oxygens (including phenoxy) is 4. The van der Waals surface area contributed by atoms with E-state index in [2.05, 4.69) is 24.4 Å². The molecule has 0 saturated heterocycles. The first-order chi connectivity index (χ1) is 18.3. The van der Waals surface area contributed by atoms with E-state index in [0.717, 1.165) is 11.1 Å². The van der Waals surface area contributed by atoms with Gasteiger partial charge in [0.1, 0.15) is 11.5 Å². The number of hydrogen-bond acceptors (Lipinski definition) is 7. The van der Waals surface area contributed by atoms with Crippen LogP contribution in [0.25, 0.3) is 0 Å². The van der Waals surface area contributed by atoms with Gasteiger partial charge in [0.15, 0.2) is 18.1 Å². The number of esters is 1. The Morgan fingerprint density at radius 3 is 2.29 bits per heavy atom. The molecular weight excluding hydrogens is 484 g/mol. The Bertz CT molecular complexity index is 1270. The van der Waals surface area contributed by atoms with Crippen LogP contribution in [-0.4, -0.2) is 37.9 Å². The Morgan fingerprint density at radius 2 is 1.61 bits per heavy atom. The summed E-state index contributed by atoms with van der Waals surface area (Å²) in [5.41, 5.74) is 5.60. The van der Waals surface area contributed by atoms with E-state index < -0.39 is 5.97 Å². The molecule has 0 fully saturated rings. The first-order valence-electron chi connectivity index (χ1n) is 12.6. The number of rotatable bonds is 12. The summed E-state index contributed by atoms with van der Waals surface area (Å²) >= 11 is 0. The normalized spacial score (nSPS) is 10.9. The Morgan fingerprint density at radius 1 is 0.868 bits per heavy atom. The van der Waals surface area contributed by atoms with Crippen molar-refractivity contribution in [2.24, 2.45) is 5.10 Å². The molecule has 0 bridgehead atoms. The van der Waals surface area contributed by atoms with E-state index in [1.807, 2.05) is 39.0 Å². The fourth-order valence-corrected chi connectivity index (χ4v) is 3.57. The average Bonchev–Trinajstić information content (AvgIpc) is 2.89. The molecule has 0 aliphatic heterocycles. The molecule has 0 spiro atoms. The number of aryl methyl sites for hydroxylation is 1. The third-order valence-electron chi connectivity index (χ3n) is 5.42. The molecule has 8 heteroatoms. The molecule has 0 saturated carbocycles. The fourth-order valence-electron chi connectivity index (χ4n) is 3.57. The summed E-state index contributed by atoms with van der Waals surface area (Å²) < 4.78 is 22.4. The summed E-state index contributed by atoms with van der Waals surface area (Å²) in [6, 6.07) is 17.7. The van der Waals surface area contributed by atoms with E-state index in [-0.39, 0.29) is 24.2 Å². The van der Waals surface area contributed by atoms with Gasteiger partial charge in [0.25, 0.3) is 5.91 Å². The van der Waals surface area contributed by atoms with Crippen molar-refractivity contribution in [1.82, 2.24) is 5.43 Å². The zero-order valence-electron chi connectivity index (χ0n) is 22.4. The molecule has 3 aromatic rings. The lowest BCUT2D eigenvalue weighted by molar-refractivity contribution is -0.123. The standard InChI is InChI=1S/C30H34N2O6/c1-6-35-24-12-10-23(11-13-24)30(34)38-26-15-9-22(17-28(26)36-7-2)18-31-32-29(33)19-37-27-16-21(5)8-14-25(27)20(3)4/h8-18,20H,6-7,19H2,1-5H3,(H,32,33)/b31-18+. The van der Waals surface area contributed by atoms with Crippen LogP contribution in [0.2, 0.25) is 0 Å². The predicted molar refractivity (Wildman–Crippen MR) is 147 cm³/mol. The highest BCUT2D eigenvalue weighted by Gasteiger charge is 2.14. The van der Waals surface area contributed by atoms with Crippen LogP contribution in [-0.2, 0) is 4.79 Å². The van der Waals surface area contributed by atoms with E-state index >= 15 is 0 Å². The van der Waals surface area contributed by atoms with Crippen LogP contribution in [0.1, 0.15) is 60.7 Å². The molecule has 3 aromatic carbocycles. The highest BCUT2D eigenvalue weighted by atomic mass is 16.6. The van der Waals surface area contributed by atoms with Gasteiger partial charge in [-0.15, -0.1) is 0 Å². The van der Waals surface area contributed by atoms with Crippen LogP contribution in [0.3, 0.4) is 0 Å². The molecule has 0 radical (unpaired) electrons. The zero-order valence-corrected chi connectivity index (χ0v) is 22.4. The van der Waals surface area contributed by atoms with E-state index in [1.165, 1.54) is 6.21 Å². The second kappa shape index (κ2) is 13.8. The first-order valence-corrected chi connectivity index (χ1v) is 12.6. The summed E-state index contributed by atoms with van der Waals surface area (Å²) in [6.45, 7) is 10.6. The van der Waals surface area contributed by atoms with Gasteiger partial charge >= 0.3 is 5.97 Å². The number of hydrogen-bond donors (Lipinski definition) is 1. The largest absolute Gasteiger partial charge is 0.494 e. The van der Waals surface area contributed by atoms with Gasteiger partial charge in [0.2, 0.25) is 0 Å². The molecule has 0 atom stereocenters. The van der Waals surface area contributed by atoms with Crippen molar-refractivity contribution in [2.45, 2.75) is 40.5 Å². The van der Waals surface area contributed by atoms with Crippen LogP contribution in [0.15, 0.2) is 65.8 Å². The van der Waals surface area contributed by atoms with Crippen molar-refractivity contribution in [2.75, 3.05) is 19.8 Å². The van der Waals surface area contributed by atoms with E-state index in [1.54, 1.807) is 42.5 Å². The van der Waals surface area contributed by atoms with Crippen molar-refractivity contribution in [1.29, 1.82) is 0 Å². The van der Waals surface area contributed by atoms with Crippen molar-refractivity contribution in [3.63, 3.8) is 0 Å². The number of nitrogens with zero attached hydrogens (tertiary/aromatic N) is 1. The highest BCUT2D eigenvalue weighted by Crippen LogP contribution is 2.29. The van der Waals surface area contributed by atoms with Crippen molar-refractivity contribution >= 4 is 18.1 Å². The Labute approximate surface area is 223 Å². The van der Waals surface area contributed by atoms with Gasteiger partial charge in [0, 0.05) is 0 Å². The lowest BCUT2D eigenvalue weighted by atomic mass is 10.0. The molecule has 1 N–H and O–H groups in total. The number of benzene rings is 3. The fraction of sp³-hybridized carbons (Fsp3) is 0.300. The van der Waals surface area contributed by atoms with Gasteiger partial charge in [0.05, 0.1) is 25.0 Å². The van der Waals surface area contributed by atoms with Crippen molar-refractivity contribution in [3.05, 3.63) is 82.9 Å². The topological polar surface area (TPSA) is 95.5 Å². The minimum atomic E-state index is -0.517. The van der Waals surface area contributed by atoms with Gasteiger partial charge < -0.3 is 18.9 Å². The number of hydrazone groups is 1. The molecule has 0 aliphatic carbocycles. The van der Waals surface area contributed by atoms with E-state index in [4.69, 9.17) is 18.9 Å². The van der Waals surface area contributed by atoms with Crippen molar-refractivity contribution < 1.29 is 28.5 Å². The average molecular weight is 519 g/mol. The maximum absolute atomic E-state index is 12.6. The molecular formula is C30H34N2O6. The molecule has 1 amide bonds. The van der Waals surface area contributed by atoms with Crippen molar-refractivity contribution in [3.8, 4) is 23.0 Å². The molecule has 38 heavy (non-hydrogen) atoms. The smallest absolute Gasteiger partial charge is 0.343 e. The van der Waals surface area contributed by atoms with Crippen LogP contribution in [0, 0.1) is 6.92 Å². The van der Waals surface area contributed by atoms with Gasteiger partial charge in [-0.2, -0.15) is 5.10 Å². The Kier molecular flexibility index (Phi) is 10.3. The van der Waals surface area contributed by atoms with Gasteiger partial charge in [-0.05, 0) is 91.9 Å². The molecule has 0 unspecified atom stereocenters. The lowest BCUT2D eigenvalue weighted by Gasteiger charge is -2.14. The van der Waals surface area contributed by atoms with Crippen LogP contribution < -0.4 is 24.4 Å². The molecule has 8 nitrogen and oxygen atoms in total. The number of carbonyl (C=O) groups is 2. The minimum Gasteiger partial charge on any atom is -0.494 e. The quantitative estimate of drug-likeness (QED) is 0.144. The summed E-state index contributed by atoms with van der Waals surface area (Å²) in [5.74, 6) is 1.40. The maximum Gasteiger partial charge on any atom is 0.343 e. The Balaban J connectivity index is 1.60. The summed E-state index contributed by atoms with van der Waals surface area (Å²) in [5, 5.41) is 4.01. The third-order valence-corrected chi connectivity index (χ3v) is 5.42. The number of amides is 1. The molecule has 200 valence electrons. The van der Waals surface area contributed by atoms with Crippen LogP contribution in [0.5, 0.6) is 23.0 Å². The van der Waals surface area contributed by atoms with Gasteiger partial charge in [-0.1, -0.05) is 26.0 Å². The molecule has 0 aromatic heterocycles. The molecule has 3 rings (SSSR count). The third kappa shape index (κ3) is 8.09. The highest BCUT2D eigenvalue weighted by molar-refractivity contribution is 5.92. The monoisotopic (exact) mass is 518 g/mol. The minimum absolute atomic E-state index is 0.162.